The highest BCUT2D eigenvalue weighted by molar-refractivity contribution is 5.94. The Morgan fingerprint density at radius 1 is 1.10 bits per heavy atom. The van der Waals surface area contributed by atoms with Crippen molar-refractivity contribution < 1.29 is 23.1 Å². The Labute approximate surface area is 175 Å². The second-order valence-corrected chi connectivity index (χ2v) is 7.82. The molecule has 1 aliphatic heterocycles. The average molecular weight is 431 g/mol. The number of aromatic carboxylic acids is 1. The van der Waals surface area contributed by atoms with E-state index in [1.54, 1.807) is 0 Å². The van der Waals surface area contributed by atoms with Crippen molar-refractivity contribution in [3.63, 3.8) is 0 Å². The van der Waals surface area contributed by atoms with E-state index in [0.29, 0.717) is 19.2 Å². The Morgan fingerprint density at radius 2 is 1.81 bits per heavy atom. The van der Waals surface area contributed by atoms with Crippen LogP contribution in [0.1, 0.15) is 16.8 Å². The van der Waals surface area contributed by atoms with Crippen molar-refractivity contribution >= 4 is 22.6 Å². The molecular weight excluding hydrogens is 411 g/mol. The fraction of sp³-hybridized carbons (Fsp3) is 0.273. The summed E-state index contributed by atoms with van der Waals surface area (Å²) >= 11 is 0. The minimum atomic E-state index is -1.53. The molecule has 2 aromatic carbocycles. The number of carboxylic acid groups (broad SMARTS) is 1. The molecule has 0 aliphatic carbocycles. The molecule has 31 heavy (non-hydrogen) atoms. The maximum Gasteiger partial charge on any atom is 0.341 e. The van der Waals surface area contributed by atoms with E-state index in [-0.39, 0.29) is 28.3 Å². The van der Waals surface area contributed by atoms with Crippen molar-refractivity contribution in [1.82, 2.24) is 9.47 Å². The van der Waals surface area contributed by atoms with Crippen LogP contribution in [-0.4, -0.2) is 53.8 Å². The summed E-state index contributed by atoms with van der Waals surface area (Å²) in [7, 11) is 3.88. The van der Waals surface area contributed by atoms with Crippen LogP contribution in [0.4, 0.5) is 18.9 Å². The highest BCUT2D eigenvalue weighted by atomic mass is 19.1. The van der Waals surface area contributed by atoms with E-state index >= 15 is 4.39 Å². The predicted octanol–water partition coefficient (Wildman–Crippen LogP) is 3.25. The number of nitrogens with zero attached hydrogens (tertiary/aromatic N) is 3. The van der Waals surface area contributed by atoms with Crippen LogP contribution in [0.15, 0.2) is 41.3 Å². The summed E-state index contributed by atoms with van der Waals surface area (Å²) in [6, 6.07) is 5.45. The van der Waals surface area contributed by atoms with Crippen LogP contribution in [0.25, 0.3) is 16.6 Å². The van der Waals surface area contributed by atoms with Crippen LogP contribution in [0.3, 0.4) is 0 Å². The lowest BCUT2D eigenvalue weighted by Crippen LogP contribution is -2.31. The van der Waals surface area contributed by atoms with E-state index in [1.807, 2.05) is 23.9 Å². The number of anilines is 1. The van der Waals surface area contributed by atoms with Crippen molar-refractivity contribution in [2.75, 3.05) is 32.1 Å². The molecule has 1 saturated heterocycles. The van der Waals surface area contributed by atoms with Gasteiger partial charge in [0.25, 0.3) is 0 Å². The number of carboxylic acids is 1. The molecule has 162 valence electrons. The first-order chi connectivity index (χ1) is 14.7. The summed E-state index contributed by atoms with van der Waals surface area (Å²) in [6.07, 6.45) is 1.80. The third-order valence-electron chi connectivity index (χ3n) is 5.71. The maximum absolute atomic E-state index is 15.0. The molecule has 1 atom stereocenters. The molecule has 9 heteroatoms. The van der Waals surface area contributed by atoms with Crippen molar-refractivity contribution in [1.29, 1.82) is 0 Å². The fourth-order valence-corrected chi connectivity index (χ4v) is 3.99. The predicted molar refractivity (Wildman–Crippen MR) is 111 cm³/mol. The Hall–Kier alpha value is -3.33. The molecule has 0 bridgehead atoms. The first-order valence-corrected chi connectivity index (χ1v) is 9.66. The van der Waals surface area contributed by atoms with Crippen LogP contribution in [0.5, 0.6) is 0 Å². The summed E-state index contributed by atoms with van der Waals surface area (Å²) in [6.45, 7) is 1.16. The van der Waals surface area contributed by atoms with Gasteiger partial charge in [0.05, 0.1) is 16.9 Å². The molecule has 1 aromatic heterocycles. The molecule has 2 heterocycles. The van der Waals surface area contributed by atoms with Gasteiger partial charge in [-0.1, -0.05) is 0 Å². The van der Waals surface area contributed by atoms with Gasteiger partial charge in [0, 0.05) is 36.8 Å². The minimum Gasteiger partial charge on any atom is -0.477 e. The maximum atomic E-state index is 15.0. The number of pyridine rings is 1. The second kappa shape index (κ2) is 7.73. The molecule has 0 radical (unpaired) electrons. The minimum absolute atomic E-state index is 0.130. The largest absolute Gasteiger partial charge is 0.477 e. The van der Waals surface area contributed by atoms with E-state index in [2.05, 4.69) is 0 Å². The molecule has 4 rings (SSSR count). The van der Waals surface area contributed by atoms with E-state index in [4.69, 9.17) is 0 Å². The van der Waals surface area contributed by atoms with Gasteiger partial charge in [0.2, 0.25) is 5.43 Å². The molecular formula is C22H20F3N3O3. The van der Waals surface area contributed by atoms with Crippen molar-refractivity contribution in [3.8, 4) is 5.69 Å². The smallest absolute Gasteiger partial charge is 0.341 e. The molecule has 3 aromatic rings. The number of aromatic nitrogens is 1. The summed E-state index contributed by atoms with van der Waals surface area (Å²) in [5.41, 5.74) is -1.31. The lowest BCUT2D eigenvalue weighted by atomic mass is 10.1. The molecule has 1 unspecified atom stereocenters. The third-order valence-corrected chi connectivity index (χ3v) is 5.71. The average Bonchev–Trinajstić information content (AvgIpc) is 3.19. The second-order valence-electron chi connectivity index (χ2n) is 7.82. The molecule has 1 N–H and O–H groups in total. The molecule has 0 spiro atoms. The van der Waals surface area contributed by atoms with E-state index < -0.39 is 34.4 Å². The van der Waals surface area contributed by atoms with Gasteiger partial charge < -0.3 is 19.5 Å². The summed E-state index contributed by atoms with van der Waals surface area (Å²) in [5, 5.41) is 9.21. The Kier molecular flexibility index (Phi) is 5.22. The zero-order valence-electron chi connectivity index (χ0n) is 16.9. The van der Waals surface area contributed by atoms with E-state index in [9.17, 15) is 23.5 Å². The van der Waals surface area contributed by atoms with Crippen LogP contribution in [0, 0.1) is 17.5 Å². The van der Waals surface area contributed by atoms with Gasteiger partial charge in [0.1, 0.15) is 23.0 Å². The Bertz CT molecular complexity index is 1260. The van der Waals surface area contributed by atoms with Gasteiger partial charge in [0.15, 0.2) is 0 Å². The lowest BCUT2D eigenvalue weighted by Gasteiger charge is -2.23. The molecule has 1 aliphatic rings. The first-order valence-electron chi connectivity index (χ1n) is 9.66. The third kappa shape index (κ3) is 3.65. The molecule has 0 amide bonds. The van der Waals surface area contributed by atoms with Gasteiger partial charge in [-0.15, -0.1) is 0 Å². The molecule has 6 nitrogen and oxygen atoms in total. The SMILES string of the molecule is CN(C)C1CCN(c2cc3c(cc2F)c(=O)c(C(=O)O)cn3-c2ccc(F)cc2F)C1. The summed E-state index contributed by atoms with van der Waals surface area (Å²) < 4.78 is 44.1. The van der Waals surface area contributed by atoms with Gasteiger partial charge in [-0.3, -0.25) is 4.79 Å². The zero-order valence-corrected chi connectivity index (χ0v) is 16.9. The number of fused-ring (bicyclic) bond motifs is 1. The number of benzene rings is 2. The highest BCUT2D eigenvalue weighted by Gasteiger charge is 2.27. The van der Waals surface area contributed by atoms with Crippen molar-refractivity contribution in [2.45, 2.75) is 12.5 Å². The van der Waals surface area contributed by atoms with Gasteiger partial charge >= 0.3 is 5.97 Å². The van der Waals surface area contributed by atoms with Crippen LogP contribution in [-0.2, 0) is 0 Å². The number of carbonyl (C=O) groups is 1. The van der Waals surface area contributed by atoms with E-state index in [1.165, 1.54) is 6.07 Å². The quantitative estimate of drug-likeness (QED) is 0.687. The number of rotatable bonds is 4. The normalized spacial score (nSPS) is 16.5. The standard InChI is InChI=1S/C22H20F3N3O3/c1-26(2)13-5-6-27(10-13)20-9-19-14(8-17(20)25)21(29)15(22(30)31)11-28(19)18-4-3-12(23)7-16(18)24/h3-4,7-9,11,13H,5-6,10H2,1-2H3,(H,30,31). The number of likely N-dealkylation sites (N-methyl/N-ethyl adjacent to an activating group) is 1. The van der Waals surface area contributed by atoms with Gasteiger partial charge in [-0.25, -0.2) is 18.0 Å². The summed E-state index contributed by atoms with van der Waals surface area (Å²) in [5.74, 6) is -3.94. The number of hydrogen-bond donors (Lipinski definition) is 1. The van der Waals surface area contributed by atoms with Gasteiger partial charge in [-0.2, -0.15) is 0 Å². The molecule has 0 saturated carbocycles. The monoisotopic (exact) mass is 431 g/mol. The fourth-order valence-electron chi connectivity index (χ4n) is 3.99. The van der Waals surface area contributed by atoms with Crippen LogP contribution >= 0.6 is 0 Å². The van der Waals surface area contributed by atoms with Gasteiger partial charge in [-0.05, 0) is 44.8 Å². The van der Waals surface area contributed by atoms with Crippen LogP contribution in [0.2, 0.25) is 0 Å². The Morgan fingerprint density at radius 3 is 2.42 bits per heavy atom. The molecule has 1 fully saturated rings. The van der Waals surface area contributed by atoms with Crippen molar-refractivity contribution in [3.05, 3.63) is 69.8 Å². The topological polar surface area (TPSA) is 65.8 Å². The van der Waals surface area contributed by atoms with Crippen LogP contribution < -0.4 is 10.3 Å². The lowest BCUT2D eigenvalue weighted by molar-refractivity contribution is 0.0695. The first kappa shape index (κ1) is 20.9. The number of hydrogen-bond acceptors (Lipinski definition) is 4. The zero-order chi connectivity index (χ0) is 22.4. The Balaban J connectivity index is 1.98. The highest BCUT2D eigenvalue weighted by Crippen LogP contribution is 2.30. The van der Waals surface area contributed by atoms with Crippen molar-refractivity contribution in [2.24, 2.45) is 0 Å². The van der Waals surface area contributed by atoms with E-state index in [0.717, 1.165) is 35.4 Å². The summed E-state index contributed by atoms with van der Waals surface area (Å²) in [4.78, 5) is 28.1. The number of halogens is 3.